The fourth-order valence-electron chi connectivity index (χ4n) is 3.95. The van der Waals surface area contributed by atoms with Crippen LogP contribution in [0.2, 0.25) is 0 Å². The van der Waals surface area contributed by atoms with Crippen molar-refractivity contribution in [1.29, 1.82) is 0 Å². The number of nitrogens with zero attached hydrogens (tertiary/aromatic N) is 3. The Morgan fingerprint density at radius 1 is 0.943 bits per heavy atom. The van der Waals surface area contributed by atoms with E-state index in [0.29, 0.717) is 29.7 Å². The predicted octanol–water partition coefficient (Wildman–Crippen LogP) is 6.63. The van der Waals surface area contributed by atoms with E-state index in [1.54, 1.807) is 4.68 Å². The standard InChI is InChI=1S/C29H32N4O2/c1-4-6-7-11-22-13-15-23(16-14-22)28(34)30-24-17-19-25(20-18-24)33-27(31-29(32-33)35-5-2)26-12-9-8-10-21(26)3/h8-10,12-20H,4-7,11H2,1-3H3,(H,30,34). The van der Waals surface area contributed by atoms with E-state index < -0.39 is 0 Å². The molecule has 6 heteroatoms. The smallest absolute Gasteiger partial charge is 0.336 e. The molecule has 1 N–H and O–H groups in total. The molecule has 0 aliphatic heterocycles. The largest absolute Gasteiger partial charge is 0.463 e. The Labute approximate surface area is 207 Å². The molecule has 1 amide bonds. The number of anilines is 1. The molecule has 6 nitrogen and oxygen atoms in total. The number of amides is 1. The molecule has 0 aliphatic carbocycles. The quantitative estimate of drug-likeness (QED) is 0.265. The van der Waals surface area contributed by atoms with E-state index in [1.165, 1.54) is 24.8 Å². The lowest BCUT2D eigenvalue weighted by Crippen LogP contribution is -2.12. The van der Waals surface area contributed by atoms with Crippen LogP contribution in [0, 0.1) is 6.92 Å². The zero-order valence-electron chi connectivity index (χ0n) is 20.6. The number of carbonyl (C=O) groups excluding carboxylic acids is 1. The summed E-state index contributed by atoms with van der Waals surface area (Å²) in [5.74, 6) is 0.584. The second kappa shape index (κ2) is 11.5. The number of aromatic nitrogens is 3. The minimum atomic E-state index is -0.127. The summed E-state index contributed by atoms with van der Waals surface area (Å²) in [5, 5.41) is 7.54. The van der Waals surface area contributed by atoms with Crippen LogP contribution in [0.1, 0.15) is 54.6 Å². The highest BCUT2D eigenvalue weighted by Gasteiger charge is 2.16. The van der Waals surface area contributed by atoms with Gasteiger partial charge in [0.05, 0.1) is 12.3 Å². The molecule has 1 aromatic heterocycles. The summed E-state index contributed by atoms with van der Waals surface area (Å²) < 4.78 is 7.34. The lowest BCUT2D eigenvalue weighted by molar-refractivity contribution is 0.102. The average molecular weight is 469 g/mol. The van der Waals surface area contributed by atoms with E-state index in [-0.39, 0.29) is 5.91 Å². The molecule has 4 rings (SSSR count). The van der Waals surface area contributed by atoms with Crippen molar-refractivity contribution >= 4 is 11.6 Å². The van der Waals surface area contributed by atoms with Crippen LogP contribution in [-0.4, -0.2) is 27.3 Å². The van der Waals surface area contributed by atoms with E-state index in [0.717, 1.165) is 23.2 Å². The highest BCUT2D eigenvalue weighted by Crippen LogP contribution is 2.27. The zero-order valence-corrected chi connectivity index (χ0v) is 20.6. The van der Waals surface area contributed by atoms with Crippen molar-refractivity contribution in [2.75, 3.05) is 11.9 Å². The number of ether oxygens (including phenoxy) is 1. The van der Waals surface area contributed by atoms with Gasteiger partial charge in [-0.15, -0.1) is 5.10 Å². The molecule has 3 aromatic carbocycles. The van der Waals surface area contributed by atoms with E-state index in [1.807, 2.05) is 86.6 Å². The van der Waals surface area contributed by atoms with Crippen molar-refractivity contribution in [2.24, 2.45) is 0 Å². The van der Waals surface area contributed by atoms with Gasteiger partial charge in [-0.1, -0.05) is 56.2 Å². The highest BCUT2D eigenvalue weighted by atomic mass is 16.5. The Morgan fingerprint density at radius 2 is 1.69 bits per heavy atom. The minimum Gasteiger partial charge on any atom is -0.463 e. The average Bonchev–Trinajstić information content (AvgIpc) is 3.29. The Bertz CT molecular complexity index is 1260. The van der Waals surface area contributed by atoms with Crippen molar-refractivity contribution in [3.63, 3.8) is 0 Å². The van der Waals surface area contributed by atoms with Crippen LogP contribution in [-0.2, 0) is 6.42 Å². The SMILES string of the molecule is CCCCCc1ccc(C(=O)Nc2ccc(-n3nc(OCC)nc3-c3ccccc3C)cc2)cc1. The fraction of sp³-hybridized carbons (Fsp3) is 0.276. The molecule has 0 unspecified atom stereocenters. The van der Waals surface area contributed by atoms with Gasteiger partial charge in [-0.25, -0.2) is 4.68 Å². The van der Waals surface area contributed by atoms with Gasteiger partial charge in [-0.2, -0.15) is 4.98 Å². The molecule has 180 valence electrons. The maximum atomic E-state index is 12.7. The van der Waals surface area contributed by atoms with Gasteiger partial charge in [0.15, 0.2) is 5.82 Å². The number of nitrogens with one attached hydrogen (secondary N) is 1. The first-order valence-corrected chi connectivity index (χ1v) is 12.3. The van der Waals surface area contributed by atoms with Crippen LogP contribution >= 0.6 is 0 Å². The van der Waals surface area contributed by atoms with Crippen molar-refractivity contribution in [3.05, 3.63) is 89.5 Å². The molecule has 0 bridgehead atoms. The summed E-state index contributed by atoms with van der Waals surface area (Å²) in [6, 6.07) is 23.8. The van der Waals surface area contributed by atoms with Gasteiger partial charge in [0.2, 0.25) is 0 Å². The Morgan fingerprint density at radius 3 is 2.37 bits per heavy atom. The molecule has 0 aliphatic rings. The fourth-order valence-corrected chi connectivity index (χ4v) is 3.95. The molecule has 0 atom stereocenters. The van der Waals surface area contributed by atoms with Gasteiger partial charge in [0, 0.05) is 16.8 Å². The molecule has 35 heavy (non-hydrogen) atoms. The summed E-state index contributed by atoms with van der Waals surface area (Å²) >= 11 is 0. The predicted molar refractivity (Wildman–Crippen MR) is 140 cm³/mol. The highest BCUT2D eigenvalue weighted by molar-refractivity contribution is 6.04. The number of aryl methyl sites for hydroxylation is 2. The van der Waals surface area contributed by atoms with Crippen molar-refractivity contribution in [3.8, 4) is 23.1 Å². The summed E-state index contributed by atoms with van der Waals surface area (Å²) in [6.07, 6.45) is 4.66. The third-order valence-corrected chi connectivity index (χ3v) is 5.90. The van der Waals surface area contributed by atoms with Crippen LogP contribution < -0.4 is 10.1 Å². The first-order chi connectivity index (χ1) is 17.1. The van der Waals surface area contributed by atoms with E-state index in [2.05, 4.69) is 22.3 Å². The van der Waals surface area contributed by atoms with Crippen LogP contribution in [0.4, 0.5) is 5.69 Å². The molecular formula is C29H32N4O2. The maximum absolute atomic E-state index is 12.7. The summed E-state index contributed by atoms with van der Waals surface area (Å²) in [6.45, 7) is 6.64. The van der Waals surface area contributed by atoms with Gasteiger partial charge in [0.25, 0.3) is 5.91 Å². The molecule has 0 saturated heterocycles. The third-order valence-electron chi connectivity index (χ3n) is 5.90. The molecule has 0 saturated carbocycles. The summed E-state index contributed by atoms with van der Waals surface area (Å²) in [7, 11) is 0. The van der Waals surface area contributed by atoms with Crippen LogP contribution in [0.5, 0.6) is 6.01 Å². The molecule has 0 radical (unpaired) electrons. The maximum Gasteiger partial charge on any atom is 0.336 e. The lowest BCUT2D eigenvalue weighted by atomic mass is 10.1. The first-order valence-electron chi connectivity index (χ1n) is 12.3. The van der Waals surface area contributed by atoms with Gasteiger partial charge < -0.3 is 10.1 Å². The van der Waals surface area contributed by atoms with Gasteiger partial charge in [0.1, 0.15) is 0 Å². The van der Waals surface area contributed by atoms with Crippen molar-refractivity contribution < 1.29 is 9.53 Å². The monoisotopic (exact) mass is 468 g/mol. The lowest BCUT2D eigenvalue weighted by Gasteiger charge is -2.10. The normalized spacial score (nSPS) is 10.8. The van der Waals surface area contributed by atoms with Crippen LogP contribution in [0.15, 0.2) is 72.8 Å². The Balaban J connectivity index is 1.50. The second-order valence-electron chi connectivity index (χ2n) is 8.53. The van der Waals surface area contributed by atoms with Crippen LogP contribution in [0.3, 0.4) is 0 Å². The van der Waals surface area contributed by atoms with E-state index in [4.69, 9.17) is 4.74 Å². The number of hydrogen-bond donors (Lipinski definition) is 1. The minimum absolute atomic E-state index is 0.127. The second-order valence-corrected chi connectivity index (χ2v) is 8.53. The Hall–Kier alpha value is -3.93. The summed E-state index contributed by atoms with van der Waals surface area (Å²) in [4.78, 5) is 17.3. The first kappa shape index (κ1) is 24.2. The van der Waals surface area contributed by atoms with Crippen molar-refractivity contribution in [1.82, 2.24) is 14.8 Å². The van der Waals surface area contributed by atoms with Crippen LogP contribution in [0.25, 0.3) is 17.1 Å². The zero-order chi connectivity index (χ0) is 24.6. The molecule has 0 spiro atoms. The molecule has 4 aromatic rings. The van der Waals surface area contributed by atoms with Crippen molar-refractivity contribution in [2.45, 2.75) is 46.5 Å². The number of rotatable bonds is 10. The van der Waals surface area contributed by atoms with E-state index in [9.17, 15) is 4.79 Å². The Kier molecular flexibility index (Phi) is 7.93. The summed E-state index contributed by atoms with van der Waals surface area (Å²) in [5.41, 5.74) is 5.55. The molecule has 0 fully saturated rings. The number of unbranched alkanes of at least 4 members (excludes halogenated alkanes) is 2. The number of hydrogen-bond acceptors (Lipinski definition) is 4. The third kappa shape index (κ3) is 5.96. The van der Waals surface area contributed by atoms with Gasteiger partial charge in [-0.05, 0) is 74.2 Å². The van der Waals surface area contributed by atoms with Gasteiger partial charge >= 0.3 is 6.01 Å². The number of carbonyl (C=O) groups is 1. The van der Waals surface area contributed by atoms with E-state index >= 15 is 0 Å². The van der Waals surface area contributed by atoms with Gasteiger partial charge in [-0.3, -0.25) is 4.79 Å². The number of benzene rings is 3. The molecular weight excluding hydrogens is 436 g/mol. The molecule has 1 heterocycles. The topological polar surface area (TPSA) is 69.0 Å².